The quantitative estimate of drug-likeness (QED) is 0.727. The predicted molar refractivity (Wildman–Crippen MR) is 69.7 cm³/mol. The average Bonchev–Trinajstić information content (AvgIpc) is 2.28. The van der Waals surface area contributed by atoms with E-state index in [1.165, 1.54) is 0 Å². The molecule has 4 nitrogen and oxygen atoms in total. The van der Waals surface area contributed by atoms with Gasteiger partial charge in [0.05, 0.1) is 12.7 Å². The highest BCUT2D eigenvalue weighted by Gasteiger charge is 2.50. The first-order valence-electron chi connectivity index (χ1n) is 6.64. The van der Waals surface area contributed by atoms with E-state index in [0.29, 0.717) is 44.4 Å². The lowest BCUT2D eigenvalue weighted by molar-refractivity contribution is -0.146. The maximum Gasteiger partial charge on any atom is 0.243 e. The van der Waals surface area contributed by atoms with Crippen molar-refractivity contribution in [2.24, 2.45) is 17.3 Å². The third kappa shape index (κ3) is 3.23. The number of nitriles is 1. The highest BCUT2D eigenvalue weighted by molar-refractivity contribution is 5.86. The molecule has 0 spiro atoms. The number of carbonyl (C=O) groups is 1. The van der Waals surface area contributed by atoms with Crippen LogP contribution < -0.4 is 0 Å². The van der Waals surface area contributed by atoms with Gasteiger partial charge in [-0.15, -0.1) is 0 Å². The van der Waals surface area contributed by atoms with E-state index < -0.39 is 5.41 Å². The molecule has 0 radical (unpaired) electrons. The van der Waals surface area contributed by atoms with Gasteiger partial charge in [0.15, 0.2) is 0 Å². The molecule has 1 amide bonds. The fraction of sp³-hybridized carbons (Fsp3) is 0.857. The van der Waals surface area contributed by atoms with Gasteiger partial charge >= 0.3 is 0 Å². The van der Waals surface area contributed by atoms with Crippen LogP contribution in [0.5, 0.6) is 0 Å². The maximum absolute atomic E-state index is 12.5. The molecular formula is C14H24N2O2. The molecule has 1 rings (SSSR count). The van der Waals surface area contributed by atoms with Gasteiger partial charge in [-0.25, -0.2) is 0 Å². The number of rotatable bonds is 6. The summed E-state index contributed by atoms with van der Waals surface area (Å²) in [6.45, 7) is 8.04. The molecule has 1 aliphatic carbocycles. The van der Waals surface area contributed by atoms with Crippen molar-refractivity contribution in [2.45, 2.75) is 33.6 Å². The van der Waals surface area contributed by atoms with Gasteiger partial charge in [0.2, 0.25) is 5.91 Å². The van der Waals surface area contributed by atoms with Crippen molar-refractivity contribution >= 4 is 5.91 Å². The Labute approximate surface area is 110 Å². The zero-order valence-corrected chi connectivity index (χ0v) is 11.9. The van der Waals surface area contributed by atoms with Crippen molar-refractivity contribution in [2.75, 3.05) is 26.8 Å². The average molecular weight is 252 g/mol. The van der Waals surface area contributed by atoms with Crippen LogP contribution in [-0.4, -0.2) is 37.6 Å². The van der Waals surface area contributed by atoms with Crippen molar-refractivity contribution < 1.29 is 9.53 Å². The first-order chi connectivity index (χ1) is 8.45. The fourth-order valence-corrected chi connectivity index (χ4v) is 2.66. The van der Waals surface area contributed by atoms with Crippen LogP contribution in [0.15, 0.2) is 0 Å². The monoisotopic (exact) mass is 252 g/mol. The summed E-state index contributed by atoms with van der Waals surface area (Å²) in [5, 5.41) is 9.30. The van der Waals surface area contributed by atoms with Gasteiger partial charge in [0.25, 0.3) is 0 Å². The van der Waals surface area contributed by atoms with Crippen LogP contribution in [0.1, 0.15) is 33.6 Å². The van der Waals surface area contributed by atoms with Crippen LogP contribution in [0.3, 0.4) is 0 Å². The fourth-order valence-electron chi connectivity index (χ4n) is 2.66. The normalized spacial score (nSPS) is 26.6. The second kappa shape index (κ2) is 6.19. The number of methoxy groups -OCH3 is 1. The van der Waals surface area contributed by atoms with E-state index in [1.54, 1.807) is 12.0 Å². The molecule has 0 heterocycles. The van der Waals surface area contributed by atoms with E-state index in [0.717, 1.165) is 0 Å². The molecule has 0 atom stereocenters. The van der Waals surface area contributed by atoms with Crippen LogP contribution in [0.2, 0.25) is 0 Å². The molecule has 18 heavy (non-hydrogen) atoms. The van der Waals surface area contributed by atoms with Crippen LogP contribution >= 0.6 is 0 Å². The van der Waals surface area contributed by atoms with E-state index >= 15 is 0 Å². The zero-order chi connectivity index (χ0) is 13.8. The smallest absolute Gasteiger partial charge is 0.243 e. The summed E-state index contributed by atoms with van der Waals surface area (Å²) in [6.07, 6.45) is 1.40. The lowest BCUT2D eigenvalue weighted by atomic mass is 9.62. The number of ether oxygens (including phenoxy) is 1. The van der Waals surface area contributed by atoms with Crippen LogP contribution in [0.25, 0.3) is 0 Å². The van der Waals surface area contributed by atoms with Crippen LogP contribution in [-0.2, 0) is 9.53 Å². The number of hydrogen-bond acceptors (Lipinski definition) is 3. The second-order valence-corrected chi connectivity index (χ2v) is 5.85. The standard InChI is InChI=1S/C14H24N2O2/c1-11(2)9-16(5-6-18-4)13(17)14(10-15)7-12(3)8-14/h11-12H,5-9H2,1-4H3. The SMILES string of the molecule is COCCN(CC(C)C)C(=O)C1(C#N)CC(C)C1. The molecule has 1 saturated carbocycles. The number of nitrogens with zero attached hydrogens (tertiary/aromatic N) is 2. The molecule has 0 bridgehead atoms. The van der Waals surface area contributed by atoms with Crippen molar-refractivity contribution in [1.82, 2.24) is 4.90 Å². The molecule has 1 fully saturated rings. The first-order valence-corrected chi connectivity index (χ1v) is 6.64. The maximum atomic E-state index is 12.5. The third-order valence-electron chi connectivity index (χ3n) is 3.46. The van der Waals surface area contributed by atoms with E-state index in [1.807, 2.05) is 0 Å². The van der Waals surface area contributed by atoms with Gasteiger partial charge in [0, 0.05) is 20.2 Å². The van der Waals surface area contributed by atoms with E-state index in [2.05, 4.69) is 26.8 Å². The summed E-state index contributed by atoms with van der Waals surface area (Å²) in [7, 11) is 1.63. The van der Waals surface area contributed by atoms with Gasteiger partial charge in [-0.3, -0.25) is 4.79 Å². The van der Waals surface area contributed by atoms with Crippen molar-refractivity contribution in [3.63, 3.8) is 0 Å². The van der Waals surface area contributed by atoms with Crippen LogP contribution in [0.4, 0.5) is 0 Å². The molecule has 102 valence electrons. The molecule has 0 saturated heterocycles. The van der Waals surface area contributed by atoms with Crippen molar-refractivity contribution in [3.05, 3.63) is 0 Å². The summed E-state index contributed by atoms with van der Waals surface area (Å²) in [5.41, 5.74) is -0.762. The third-order valence-corrected chi connectivity index (χ3v) is 3.46. The Kier molecular flexibility index (Phi) is 5.15. The Morgan fingerprint density at radius 3 is 2.56 bits per heavy atom. The molecule has 0 N–H and O–H groups in total. The summed E-state index contributed by atoms with van der Waals surface area (Å²) in [4.78, 5) is 14.3. The van der Waals surface area contributed by atoms with Gasteiger partial charge < -0.3 is 9.64 Å². The van der Waals surface area contributed by atoms with Gasteiger partial charge in [-0.1, -0.05) is 20.8 Å². The summed E-state index contributed by atoms with van der Waals surface area (Å²) >= 11 is 0. The van der Waals surface area contributed by atoms with Crippen molar-refractivity contribution in [3.8, 4) is 6.07 Å². The number of hydrogen-bond donors (Lipinski definition) is 0. The highest BCUT2D eigenvalue weighted by Crippen LogP contribution is 2.46. The zero-order valence-electron chi connectivity index (χ0n) is 11.9. The Hall–Kier alpha value is -1.08. The largest absolute Gasteiger partial charge is 0.383 e. The second-order valence-electron chi connectivity index (χ2n) is 5.85. The molecule has 0 aromatic carbocycles. The summed E-state index contributed by atoms with van der Waals surface area (Å²) < 4.78 is 5.05. The highest BCUT2D eigenvalue weighted by atomic mass is 16.5. The molecular weight excluding hydrogens is 228 g/mol. The van der Waals surface area contributed by atoms with E-state index in [9.17, 15) is 10.1 Å². The van der Waals surface area contributed by atoms with Crippen molar-refractivity contribution in [1.29, 1.82) is 5.26 Å². The Bertz CT molecular complexity index is 327. The number of amides is 1. The summed E-state index contributed by atoms with van der Waals surface area (Å²) in [6, 6.07) is 2.24. The Morgan fingerprint density at radius 1 is 1.56 bits per heavy atom. The van der Waals surface area contributed by atoms with E-state index in [-0.39, 0.29) is 5.91 Å². The molecule has 0 unspecified atom stereocenters. The lowest BCUT2D eigenvalue weighted by Crippen LogP contribution is -2.51. The molecule has 4 heteroatoms. The number of carbonyl (C=O) groups excluding carboxylic acids is 1. The molecule has 0 aromatic rings. The predicted octanol–water partition coefficient (Wildman–Crippen LogP) is 2.06. The lowest BCUT2D eigenvalue weighted by Gasteiger charge is -2.42. The van der Waals surface area contributed by atoms with Crippen LogP contribution in [0, 0.1) is 28.6 Å². The minimum absolute atomic E-state index is 0.00569. The first kappa shape index (κ1) is 15.0. The topological polar surface area (TPSA) is 53.3 Å². The minimum atomic E-state index is -0.762. The van der Waals surface area contributed by atoms with E-state index in [4.69, 9.17) is 4.74 Å². The molecule has 0 aromatic heterocycles. The van der Waals surface area contributed by atoms with Gasteiger partial charge in [-0.05, 0) is 24.7 Å². The Morgan fingerprint density at radius 2 is 2.17 bits per heavy atom. The molecule has 1 aliphatic rings. The molecule has 0 aliphatic heterocycles. The van der Waals surface area contributed by atoms with Gasteiger partial charge in [-0.2, -0.15) is 5.26 Å². The van der Waals surface area contributed by atoms with Gasteiger partial charge in [0.1, 0.15) is 5.41 Å². The Balaban J connectivity index is 2.72. The minimum Gasteiger partial charge on any atom is -0.383 e. The summed E-state index contributed by atoms with van der Waals surface area (Å²) in [5.74, 6) is 0.879.